The summed E-state index contributed by atoms with van der Waals surface area (Å²) in [5.74, 6) is 2.31. The maximum absolute atomic E-state index is 5.23. The van der Waals surface area contributed by atoms with Crippen molar-refractivity contribution in [2.45, 2.75) is 32.1 Å². The lowest BCUT2D eigenvalue weighted by molar-refractivity contribution is 0.152. The highest BCUT2D eigenvalue weighted by Crippen LogP contribution is 2.21. The summed E-state index contributed by atoms with van der Waals surface area (Å²) in [5.41, 5.74) is 1.34. The first-order valence-corrected chi connectivity index (χ1v) is 10.6. The zero-order chi connectivity index (χ0) is 20.2. The van der Waals surface area contributed by atoms with Gasteiger partial charge in [-0.05, 0) is 56.5 Å². The Bertz CT molecular complexity index is 573. The van der Waals surface area contributed by atoms with E-state index in [1.807, 2.05) is 19.2 Å². The molecule has 29 heavy (non-hydrogen) atoms. The van der Waals surface area contributed by atoms with Gasteiger partial charge in [0.1, 0.15) is 5.75 Å². The average molecular weight is 518 g/mol. The van der Waals surface area contributed by atoms with E-state index in [1.165, 1.54) is 51.1 Å². The highest BCUT2D eigenvalue weighted by atomic mass is 127. The van der Waals surface area contributed by atoms with Crippen LogP contribution >= 0.6 is 24.0 Å². The normalized spacial score (nSPS) is 16.8. The van der Waals surface area contributed by atoms with Crippen molar-refractivity contribution in [3.63, 3.8) is 0 Å². The maximum atomic E-state index is 5.23. The van der Waals surface area contributed by atoms with Crippen molar-refractivity contribution >= 4 is 29.9 Å². The van der Waals surface area contributed by atoms with Gasteiger partial charge in [0.2, 0.25) is 0 Å². The number of nitrogens with zero attached hydrogens (tertiary/aromatic N) is 3. The Labute approximate surface area is 194 Å². The Morgan fingerprint density at radius 3 is 2.34 bits per heavy atom. The summed E-state index contributed by atoms with van der Waals surface area (Å²) >= 11 is 0. The smallest absolute Gasteiger partial charge is 0.190 e. The molecule has 1 aliphatic rings. The molecule has 1 fully saturated rings. The predicted octanol–water partition coefficient (Wildman–Crippen LogP) is 3.00. The molecule has 0 saturated carbocycles. The molecule has 1 saturated heterocycles. The number of aliphatic imine (C=N–C) groups is 1. The molecule has 0 radical (unpaired) electrons. The molecule has 2 N–H and O–H groups in total. The predicted molar refractivity (Wildman–Crippen MR) is 134 cm³/mol. The largest absolute Gasteiger partial charge is 0.497 e. The van der Waals surface area contributed by atoms with E-state index in [4.69, 9.17) is 4.74 Å². The molecule has 1 heterocycles. The summed E-state index contributed by atoms with van der Waals surface area (Å²) in [5, 5.41) is 6.87. The van der Waals surface area contributed by atoms with Crippen molar-refractivity contribution in [2.75, 3.05) is 67.0 Å². The highest BCUT2D eigenvalue weighted by Gasteiger charge is 2.12. The minimum Gasteiger partial charge on any atom is -0.497 e. The quantitative estimate of drug-likeness (QED) is 0.216. The van der Waals surface area contributed by atoms with Crippen molar-refractivity contribution in [3.8, 4) is 5.75 Å². The van der Waals surface area contributed by atoms with Gasteiger partial charge in [-0.3, -0.25) is 4.99 Å². The monoisotopic (exact) mass is 517 g/mol. The topological polar surface area (TPSA) is 52.1 Å². The van der Waals surface area contributed by atoms with Gasteiger partial charge in [0, 0.05) is 46.3 Å². The third kappa shape index (κ3) is 10.00. The molecule has 0 amide bonds. The Hall–Kier alpha value is -1.06. The fraction of sp³-hybridized carbons (Fsp3) is 0.682. The molecule has 2 rings (SSSR count). The first-order valence-electron chi connectivity index (χ1n) is 10.6. The number of unbranched alkanes of at least 4 members (excludes halogenated alkanes) is 1. The summed E-state index contributed by atoms with van der Waals surface area (Å²) in [6.07, 6.45) is 3.48. The van der Waals surface area contributed by atoms with Gasteiger partial charge >= 0.3 is 0 Å². The molecule has 166 valence electrons. The van der Waals surface area contributed by atoms with Crippen LogP contribution < -0.4 is 15.4 Å². The van der Waals surface area contributed by atoms with Crippen LogP contribution in [0.5, 0.6) is 5.75 Å². The molecule has 0 aliphatic carbocycles. The van der Waals surface area contributed by atoms with E-state index in [2.05, 4.69) is 51.5 Å². The van der Waals surface area contributed by atoms with E-state index < -0.39 is 0 Å². The van der Waals surface area contributed by atoms with Gasteiger partial charge in [0.15, 0.2) is 5.96 Å². The zero-order valence-electron chi connectivity index (χ0n) is 18.6. The second-order valence-electron chi connectivity index (χ2n) is 7.74. The third-order valence-electron chi connectivity index (χ3n) is 5.57. The molecule has 1 unspecified atom stereocenters. The summed E-state index contributed by atoms with van der Waals surface area (Å²) < 4.78 is 5.23. The molecule has 0 bridgehead atoms. The Morgan fingerprint density at radius 2 is 1.72 bits per heavy atom. The van der Waals surface area contributed by atoms with Crippen LogP contribution in [0.3, 0.4) is 0 Å². The summed E-state index contributed by atoms with van der Waals surface area (Å²) in [6.45, 7) is 10.2. The lowest BCUT2D eigenvalue weighted by Gasteiger charge is -2.32. The van der Waals surface area contributed by atoms with Gasteiger partial charge in [-0.1, -0.05) is 19.1 Å². The molecule has 1 aromatic carbocycles. The summed E-state index contributed by atoms with van der Waals surface area (Å²) in [4.78, 5) is 9.32. The van der Waals surface area contributed by atoms with Crippen LogP contribution in [-0.2, 0) is 0 Å². The summed E-state index contributed by atoms with van der Waals surface area (Å²) in [7, 11) is 5.75. The Kier molecular flexibility index (Phi) is 13.3. The second-order valence-corrected chi connectivity index (χ2v) is 7.74. The number of benzene rings is 1. The molecular weight excluding hydrogens is 477 g/mol. The van der Waals surface area contributed by atoms with Gasteiger partial charge in [-0.2, -0.15) is 0 Å². The number of halogens is 1. The number of rotatable bonds is 10. The van der Waals surface area contributed by atoms with Crippen molar-refractivity contribution < 1.29 is 4.74 Å². The van der Waals surface area contributed by atoms with Gasteiger partial charge in [0.05, 0.1) is 7.11 Å². The van der Waals surface area contributed by atoms with Crippen LogP contribution in [0.25, 0.3) is 0 Å². The highest BCUT2D eigenvalue weighted by molar-refractivity contribution is 14.0. The van der Waals surface area contributed by atoms with Crippen LogP contribution in [-0.4, -0.2) is 82.8 Å². The number of piperazine rings is 1. The molecule has 7 heteroatoms. The van der Waals surface area contributed by atoms with Crippen molar-refractivity contribution in [1.82, 2.24) is 20.4 Å². The van der Waals surface area contributed by atoms with Crippen LogP contribution in [0.1, 0.15) is 37.7 Å². The minimum atomic E-state index is 0. The molecule has 1 aromatic rings. The first-order chi connectivity index (χ1) is 13.6. The number of methoxy groups -OCH3 is 1. The van der Waals surface area contributed by atoms with E-state index in [0.29, 0.717) is 5.92 Å². The third-order valence-corrected chi connectivity index (χ3v) is 5.57. The number of guanidine groups is 1. The standard InChI is InChI=1S/C22H39N5O.HI/c1-19(20-7-9-21(28-4)10-8-20)11-13-25-22(23-2)24-12-5-6-14-27-17-15-26(3)16-18-27;/h7-10,19H,5-6,11-18H2,1-4H3,(H2,23,24,25);1H. The van der Waals surface area contributed by atoms with Gasteiger partial charge in [-0.15, -0.1) is 24.0 Å². The zero-order valence-corrected chi connectivity index (χ0v) is 20.9. The van der Waals surface area contributed by atoms with Gasteiger partial charge in [-0.25, -0.2) is 0 Å². The molecule has 0 spiro atoms. The minimum absolute atomic E-state index is 0. The van der Waals surface area contributed by atoms with Gasteiger partial charge < -0.3 is 25.2 Å². The fourth-order valence-electron chi connectivity index (χ4n) is 3.47. The van der Waals surface area contributed by atoms with Crippen LogP contribution in [0.2, 0.25) is 0 Å². The first kappa shape index (κ1) is 26.0. The average Bonchev–Trinajstić information content (AvgIpc) is 2.73. The van der Waals surface area contributed by atoms with E-state index in [1.54, 1.807) is 7.11 Å². The van der Waals surface area contributed by atoms with Crippen molar-refractivity contribution in [1.29, 1.82) is 0 Å². The molecular formula is C22H40IN5O. The second kappa shape index (κ2) is 14.8. The maximum Gasteiger partial charge on any atom is 0.190 e. The lowest BCUT2D eigenvalue weighted by atomic mass is 9.98. The molecule has 6 nitrogen and oxygen atoms in total. The molecule has 1 aliphatic heterocycles. The number of nitrogens with one attached hydrogen (secondary N) is 2. The van der Waals surface area contributed by atoms with Crippen molar-refractivity contribution in [3.05, 3.63) is 29.8 Å². The number of likely N-dealkylation sites (N-methyl/N-ethyl adjacent to an activating group) is 1. The molecule has 1 atom stereocenters. The lowest BCUT2D eigenvalue weighted by Crippen LogP contribution is -2.44. The van der Waals surface area contributed by atoms with Gasteiger partial charge in [0.25, 0.3) is 0 Å². The van der Waals surface area contributed by atoms with Crippen LogP contribution in [0, 0.1) is 0 Å². The number of hydrogen-bond acceptors (Lipinski definition) is 4. The Balaban J connectivity index is 0.00000420. The van der Waals surface area contributed by atoms with E-state index in [9.17, 15) is 0 Å². The fourth-order valence-corrected chi connectivity index (χ4v) is 3.47. The molecule has 0 aromatic heterocycles. The van der Waals surface area contributed by atoms with Crippen molar-refractivity contribution in [2.24, 2.45) is 4.99 Å². The summed E-state index contributed by atoms with van der Waals surface area (Å²) in [6, 6.07) is 8.36. The number of hydrogen-bond donors (Lipinski definition) is 2. The Morgan fingerprint density at radius 1 is 1.07 bits per heavy atom. The van der Waals surface area contributed by atoms with Crippen LogP contribution in [0.15, 0.2) is 29.3 Å². The van der Waals surface area contributed by atoms with Crippen LogP contribution in [0.4, 0.5) is 0 Å². The SMILES string of the molecule is CN=C(NCCCCN1CCN(C)CC1)NCCC(C)c1ccc(OC)cc1.I. The van der Waals surface area contributed by atoms with E-state index in [0.717, 1.165) is 31.2 Å². The van der Waals surface area contributed by atoms with E-state index in [-0.39, 0.29) is 24.0 Å². The number of ether oxygens (including phenoxy) is 1. The van der Waals surface area contributed by atoms with E-state index >= 15 is 0 Å².